The van der Waals surface area contributed by atoms with Crippen LogP contribution in [0.1, 0.15) is 16.7 Å². The van der Waals surface area contributed by atoms with Crippen molar-refractivity contribution in [2.75, 3.05) is 18.6 Å². The van der Waals surface area contributed by atoms with Crippen LogP contribution in [0.25, 0.3) is 0 Å². The van der Waals surface area contributed by atoms with Gasteiger partial charge in [-0.15, -0.1) is 0 Å². The quantitative estimate of drug-likeness (QED) is 0.875. The van der Waals surface area contributed by atoms with E-state index in [1.165, 1.54) is 17.7 Å². The van der Waals surface area contributed by atoms with Crippen molar-refractivity contribution in [3.8, 4) is 11.8 Å². The summed E-state index contributed by atoms with van der Waals surface area (Å²) in [6, 6.07) is 12.8. The molecule has 0 aliphatic rings. The average molecular weight is 283 g/mol. The molecule has 2 rings (SSSR count). The highest BCUT2D eigenvalue weighted by Gasteiger charge is 2.06. The van der Waals surface area contributed by atoms with Crippen LogP contribution in [-0.2, 0) is 6.54 Å². The summed E-state index contributed by atoms with van der Waals surface area (Å²) in [7, 11) is 1.98. The van der Waals surface area contributed by atoms with E-state index in [1.807, 2.05) is 31.3 Å². The first-order valence-corrected chi connectivity index (χ1v) is 6.76. The maximum Gasteiger partial charge on any atom is 0.124 e. The van der Waals surface area contributed by atoms with E-state index < -0.39 is 0 Å². The van der Waals surface area contributed by atoms with Gasteiger partial charge in [0.2, 0.25) is 0 Å². The third kappa shape index (κ3) is 4.08. The molecule has 1 N–H and O–H groups in total. The summed E-state index contributed by atoms with van der Waals surface area (Å²) >= 11 is 0. The first-order chi connectivity index (χ1) is 10.1. The van der Waals surface area contributed by atoms with Gasteiger partial charge in [0.1, 0.15) is 12.4 Å². The number of anilines is 1. The van der Waals surface area contributed by atoms with Crippen molar-refractivity contribution < 1.29 is 9.50 Å². The van der Waals surface area contributed by atoms with Crippen molar-refractivity contribution in [3.05, 3.63) is 65.0 Å². The molecule has 0 aromatic heterocycles. The number of benzene rings is 2. The molecule has 0 aliphatic heterocycles. The Bertz CT molecular complexity index is 685. The molecule has 0 atom stereocenters. The minimum atomic E-state index is -0.312. The summed E-state index contributed by atoms with van der Waals surface area (Å²) in [5.74, 6) is 4.97. The van der Waals surface area contributed by atoms with Gasteiger partial charge in [0.15, 0.2) is 0 Å². The second-order valence-electron chi connectivity index (χ2n) is 4.95. The van der Waals surface area contributed by atoms with Crippen LogP contribution in [0.4, 0.5) is 10.1 Å². The van der Waals surface area contributed by atoms with Crippen LogP contribution in [0.5, 0.6) is 0 Å². The van der Waals surface area contributed by atoms with Crippen molar-refractivity contribution in [1.82, 2.24) is 0 Å². The zero-order valence-electron chi connectivity index (χ0n) is 12.2. The molecular weight excluding hydrogens is 265 g/mol. The molecule has 2 nitrogen and oxygen atoms in total. The van der Waals surface area contributed by atoms with E-state index in [0.29, 0.717) is 12.1 Å². The zero-order valence-corrected chi connectivity index (χ0v) is 12.2. The van der Waals surface area contributed by atoms with E-state index in [1.54, 1.807) is 0 Å². The Kier molecular flexibility index (Phi) is 4.97. The van der Waals surface area contributed by atoms with Crippen LogP contribution < -0.4 is 4.90 Å². The SMILES string of the molecule is Cc1ccccc1N(C)Cc1cc(F)cc(C#CCO)c1. The molecular formula is C18H18FNO. The topological polar surface area (TPSA) is 23.5 Å². The lowest BCUT2D eigenvalue weighted by Crippen LogP contribution is -2.17. The predicted molar refractivity (Wildman–Crippen MR) is 83.6 cm³/mol. The first kappa shape index (κ1) is 15.1. The van der Waals surface area contributed by atoms with Crippen LogP contribution in [-0.4, -0.2) is 18.8 Å². The van der Waals surface area contributed by atoms with Crippen molar-refractivity contribution in [2.45, 2.75) is 13.5 Å². The number of aliphatic hydroxyl groups excluding tert-OH is 1. The van der Waals surface area contributed by atoms with Gasteiger partial charge in [-0.3, -0.25) is 0 Å². The second kappa shape index (κ2) is 6.92. The largest absolute Gasteiger partial charge is 0.384 e. The summed E-state index contributed by atoms with van der Waals surface area (Å²) in [6.45, 7) is 2.42. The molecule has 3 heteroatoms. The van der Waals surface area contributed by atoms with Crippen LogP contribution in [0.3, 0.4) is 0 Å². The van der Waals surface area contributed by atoms with Gasteiger partial charge in [0.05, 0.1) is 0 Å². The third-order valence-corrected chi connectivity index (χ3v) is 3.22. The monoisotopic (exact) mass is 283 g/mol. The molecule has 0 saturated heterocycles. The normalized spacial score (nSPS) is 9.90. The molecule has 0 bridgehead atoms. The average Bonchev–Trinajstić information content (AvgIpc) is 2.45. The number of nitrogens with zero attached hydrogens (tertiary/aromatic N) is 1. The van der Waals surface area contributed by atoms with Gasteiger partial charge in [0.25, 0.3) is 0 Å². The van der Waals surface area contributed by atoms with Gasteiger partial charge in [-0.25, -0.2) is 4.39 Å². The lowest BCUT2D eigenvalue weighted by molar-refractivity contribution is 0.350. The summed E-state index contributed by atoms with van der Waals surface area (Å²) in [6.07, 6.45) is 0. The molecule has 0 spiro atoms. The van der Waals surface area contributed by atoms with E-state index in [4.69, 9.17) is 5.11 Å². The number of para-hydroxylation sites is 1. The lowest BCUT2D eigenvalue weighted by atomic mass is 10.1. The Morgan fingerprint density at radius 1 is 1.19 bits per heavy atom. The highest BCUT2D eigenvalue weighted by molar-refractivity contribution is 5.53. The second-order valence-corrected chi connectivity index (χ2v) is 4.95. The number of aliphatic hydroxyl groups is 1. The maximum absolute atomic E-state index is 13.6. The minimum absolute atomic E-state index is 0.227. The molecule has 0 fully saturated rings. The summed E-state index contributed by atoms with van der Waals surface area (Å²) in [5.41, 5.74) is 3.72. The Morgan fingerprint density at radius 3 is 2.67 bits per heavy atom. The number of rotatable bonds is 3. The van der Waals surface area contributed by atoms with Crippen LogP contribution in [0.15, 0.2) is 42.5 Å². The molecule has 21 heavy (non-hydrogen) atoms. The van der Waals surface area contributed by atoms with Crippen LogP contribution in [0.2, 0.25) is 0 Å². The van der Waals surface area contributed by atoms with Crippen molar-refractivity contribution in [3.63, 3.8) is 0 Å². The molecule has 2 aromatic rings. The molecule has 0 aliphatic carbocycles. The molecule has 108 valence electrons. The molecule has 0 unspecified atom stereocenters. The standard InChI is InChI=1S/C18H18FNO/c1-14-6-3-4-8-18(14)20(2)13-16-10-15(7-5-9-21)11-17(19)12-16/h3-4,6,8,10-12,21H,9,13H2,1-2H3. The highest BCUT2D eigenvalue weighted by Crippen LogP contribution is 2.20. The first-order valence-electron chi connectivity index (χ1n) is 6.76. The van der Waals surface area contributed by atoms with Gasteiger partial charge in [0, 0.05) is 24.8 Å². The highest BCUT2D eigenvalue weighted by atomic mass is 19.1. The van der Waals surface area contributed by atoms with Gasteiger partial charge < -0.3 is 10.0 Å². The Balaban J connectivity index is 2.23. The zero-order chi connectivity index (χ0) is 15.2. The fourth-order valence-corrected chi connectivity index (χ4v) is 2.31. The van der Waals surface area contributed by atoms with Crippen LogP contribution >= 0.6 is 0 Å². The van der Waals surface area contributed by atoms with E-state index in [0.717, 1.165) is 11.3 Å². The molecule has 0 saturated carbocycles. The van der Waals surface area contributed by atoms with Gasteiger partial charge in [-0.05, 0) is 42.3 Å². The number of hydrogen-bond acceptors (Lipinski definition) is 2. The number of halogens is 1. The number of aryl methyl sites for hydroxylation is 1. The van der Waals surface area contributed by atoms with Gasteiger partial charge in [-0.1, -0.05) is 30.0 Å². The van der Waals surface area contributed by atoms with Crippen molar-refractivity contribution in [1.29, 1.82) is 0 Å². The third-order valence-electron chi connectivity index (χ3n) is 3.22. The smallest absolute Gasteiger partial charge is 0.124 e. The van der Waals surface area contributed by atoms with E-state index in [2.05, 4.69) is 29.7 Å². The molecule has 0 amide bonds. The number of hydrogen-bond donors (Lipinski definition) is 1. The lowest BCUT2D eigenvalue weighted by Gasteiger charge is -2.21. The van der Waals surface area contributed by atoms with Crippen molar-refractivity contribution >= 4 is 5.69 Å². The van der Waals surface area contributed by atoms with E-state index >= 15 is 0 Å². The van der Waals surface area contributed by atoms with Crippen molar-refractivity contribution in [2.24, 2.45) is 0 Å². The molecule has 0 heterocycles. The Labute approximate surface area is 124 Å². The van der Waals surface area contributed by atoms with E-state index in [9.17, 15) is 4.39 Å². The summed E-state index contributed by atoms with van der Waals surface area (Å²) < 4.78 is 13.6. The fraction of sp³-hybridized carbons (Fsp3) is 0.222. The van der Waals surface area contributed by atoms with Gasteiger partial charge in [-0.2, -0.15) is 0 Å². The minimum Gasteiger partial charge on any atom is -0.384 e. The summed E-state index contributed by atoms with van der Waals surface area (Å²) in [5, 5.41) is 8.72. The molecule has 0 radical (unpaired) electrons. The molecule has 2 aromatic carbocycles. The predicted octanol–water partition coefficient (Wildman–Crippen LogP) is 3.11. The van der Waals surface area contributed by atoms with Crippen LogP contribution in [0, 0.1) is 24.6 Å². The van der Waals surface area contributed by atoms with E-state index in [-0.39, 0.29) is 12.4 Å². The maximum atomic E-state index is 13.6. The van der Waals surface area contributed by atoms with Gasteiger partial charge >= 0.3 is 0 Å². The Hall–Kier alpha value is -2.31. The Morgan fingerprint density at radius 2 is 1.95 bits per heavy atom. The fourth-order valence-electron chi connectivity index (χ4n) is 2.31. The summed E-state index contributed by atoms with van der Waals surface area (Å²) in [4.78, 5) is 2.08.